The molecule has 1 atom stereocenters. The fourth-order valence-corrected chi connectivity index (χ4v) is 4.96. The maximum absolute atomic E-state index is 14.2. The van der Waals surface area contributed by atoms with E-state index in [2.05, 4.69) is 0 Å². The lowest BCUT2D eigenvalue weighted by atomic mass is 9.76. The molecule has 1 N–H and O–H groups in total. The van der Waals surface area contributed by atoms with Crippen LogP contribution in [-0.4, -0.2) is 58.4 Å². The fraction of sp³-hybridized carbons (Fsp3) is 0.550. The standard InChI is InChI=1S/C20H23FN2O4/c1-22-16(24)12-14(17(25)26)20(22)8-10-23(11-9-20)18(27)19(6-7-19)13-4-2-3-5-15(13)21/h2-5,14H,6-12H2,1H3,(H,25,26)/t14-/m1/s1. The lowest BCUT2D eigenvalue weighted by Gasteiger charge is -2.46. The normalized spacial score (nSPS) is 25.7. The molecule has 7 heteroatoms. The van der Waals surface area contributed by atoms with Crippen molar-refractivity contribution in [3.8, 4) is 0 Å². The Balaban J connectivity index is 1.53. The first-order valence-electron chi connectivity index (χ1n) is 9.36. The van der Waals surface area contributed by atoms with E-state index in [1.165, 1.54) is 6.07 Å². The molecule has 6 nitrogen and oxygen atoms in total. The van der Waals surface area contributed by atoms with Crippen LogP contribution in [0.25, 0.3) is 0 Å². The highest BCUT2D eigenvalue weighted by Crippen LogP contribution is 2.51. The number of rotatable bonds is 3. The third-order valence-corrected chi connectivity index (χ3v) is 6.83. The zero-order chi connectivity index (χ0) is 19.4. The Morgan fingerprint density at radius 1 is 1.15 bits per heavy atom. The molecule has 1 saturated carbocycles. The fourth-order valence-electron chi connectivity index (χ4n) is 4.96. The van der Waals surface area contributed by atoms with Gasteiger partial charge in [-0.2, -0.15) is 0 Å². The van der Waals surface area contributed by atoms with E-state index < -0.39 is 22.8 Å². The predicted octanol–water partition coefficient (Wildman–Crippen LogP) is 1.78. The highest BCUT2D eigenvalue weighted by Gasteiger charge is 2.58. The van der Waals surface area contributed by atoms with E-state index in [-0.39, 0.29) is 24.1 Å². The first-order chi connectivity index (χ1) is 12.8. The minimum Gasteiger partial charge on any atom is -0.481 e. The van der Waals surface area contributed by atoms with E-state index in [0.717, 1.165) is 0 Å². The third-order valence-electron chi connectivity index (χ3n) is 6.83. The molecule has 3 aliphatic rings. The number of hydrogen-bond acceptors (Lipinski definition) is 3. The van der Waals surface area contributed by atoms with Crippen molar-refractivity contribution in [2.75, 3.05) is 20.1 Å². The number of amides is 2. The summed E-state index contributed by atoms with van der Waals surface area (Å²) in [4.78, 5) is 40.2. The first-order valence-corrected chi connectivity index (χ1v) is 9.36. The lowest BCUT2D eigenvalue weighted by Crippen LogP contribution is -2.58. The molecule has 3 fully saturated rings. The molecule has 2 saturated heterocycles. The number of aliphatic carboxylic acids is 1. The second kappa shape index (κ2) is 6.04. The monoisotopic (exact) mass is 374 g/mol. The maximum Gasteiger partial charge on any atom is 0.309 e. The Morgan fingerprint density at radius 3 is 2.33 bits per heavy atom. The van der Waals surface area contributed by atoms with Gasteiger partial charge in [0.25, 0.3) is 0 Å². The van der Waals surface area contributed by atoms with Crippen LogP contribution in [0.4, 0.5) is 4.39 Å². The topological polar surface area (TPSA) is 77.9 Å². The summed E-state index contributed by atoms with van der Waals surface area (Å²) >= 11 is 0. The second-order valence-corrected chi connectivity index (χ2v) is 8.01. The van der Waals surface area contributed by atoms with Crippen molar-refractivity contribution in [2.45, 2.75) is 43.1 Å². The van der Waals surface area contributed by atoms with Gasteiger partial charge in [-0.3, -0.25) is 14.4 Å². The lowest BCUT2D eigenvalue weighted by molar-refractivity contribution is -0.147. The number of carboxylic acid groups (broad SMARTS) is 1. The number of benzene rings is 1. The molecular formula is C20H23FN2O4. The van der Waals surface area contributed by atoms with Crippen LogP contribution in [-0.2, 0) is 19.8 Å². The van der Waals surface area contributed by atoms with Crippen molar-refractivity contribution in [3.63, 3.8) is 0 Å². The molecule has 0 aromatic heterocycles. The summed E-state index contributed by atoms with van der Waals surface area (Å²) in [5.74, 6) is -2.30. The molecule has 144 valence electrons. The Kier molecular flexibility index (Phi) is 4.01. The van der Waals surface area contributed by atoms with Gasteiger partial charge in [0.15, 0.2) is 0 Å². The van der Waals surface area contributed by atoms with Gasteiger partial charge in [-0.05, 0) is 31.7 Å². The van der Waals surface area contributed by atoms with Crippen LogP contribution in [0.2, 0.25) is 0 Å². The van der Waals surface area contributed by atoms with Gasteiger partial charge in [-0.1, -0.05) is 18.2 Å². The van der Waals surface area contributed by atoms with Crippen LogP contribution in [0, 0.1) is 11.7 Å². The van der Waals surface area contributed by atoms with Gasteiger partial charge in [0, 0.05) is 32.1 Å². The van der Waals surface area contributed by atoms with Gasteiger partial charge in [0.2, 0.25) is 11.8 Å². The molecule has 2 heterocycles. The van der Waals surface area contributed by atoms with Crippen molar-refractivity contribution >= 4 is 17.8 Å². The number of carboxylic acids is 1. The van der Waals surface area contributed by atoms with Gasteiger partial charge < -0.3 is 14.9 Å². The van der Waals surface area contributed by atoms with Crippen molar-refractivity contribution in [2.24, 2.45) is 5.92 Å². The van der Waals surface area contributed by atoms with Crippen LogP contribution < -0.4 is 0 Å². The summed E-state index contributed by atoms with van der Waals surface area (Å²) in [6.45, 7) is 0.771. The molecule has 1 aromatic rings. The third kappa shape index (κ3) is 2.55. The number of piperidine rings is 1. The SMILES string of the molecule is CN1C(=O)C[C@H](C(=O)O)C12CCN(C(=O)C1(c3ccccc3F)CC1)CC2. The van der Waals surface area contributed by atoms with Gasteiger partial charge in [0.05, 0.1) is 16.9 Å². The first kappa shape index (κ1) is 17.9. The molecule has 0 bridgehead atoms. The van der Waals surface area contributed by atoms with Crippen LogP contribution in [0.15, 0.2) is 24.3 Å². The van der Waals surface area contributed by atoms with E-state index in [9.17, 15) is 23.9 Å². The van der Waals surface area contributed by atoms with Crippen LogP contribution in [0.5, 0.6) is 0 Å². The van der Waals surface area contributed by atoms with Crippen molar-refractivity contribution in [1.29, 1.82) is 0 Å². The molecule has 0 unspecified atom stereocenters. The molecule has 4 rings (SSSR count). The van der Waals surface area contributed by atoms with E-state index in [0.29, 0.717) is 44.3 Å². The van der Waals surface area contributed by atoms with E-state index in [1.807, 2.05) is 0 Å². The van der Waals surface area contributed by atoms with Crippen LogP contribution in [0.3, 0.4) is 0 Å². The van der Waals surface area contributed by atoms with Gasteiger partial charge >= 0.3 is 5.97 Å². The van der Waals surface area contributed by atoms with E-state index >= 15 is 0 Å². The minimum atomic E-state index is -0.961. The minimum absolute atomic E-state index is 0.0128. The molecule has 2 aliphatic heterocycles. The average Bonchev–Trinajstić information content (AvgIpc) is 3.42. The summed E-state index contributed by atoms with van der Waals surface area (Å²) in [5.41, 5.74) is -1.06. The predicted molar refractivity (Wildman–Crippen MR) is 94.4 cm³/mol. The van der Waals surface area contributed by atoms with Gasteiger partial charge in [0.1, 0.15) is 5.82 Å². The summed E-state index contributed by atoms with van der Waals surface area (Å²) in [5, 5.41) is 9.56. The average molecular weight is 374 g/mol. The summed E-state index contributed by atoms with van der Waals surface area (Å²) in [6.07, 6.45) is 2.14. The van der Waals surface area contributed by atoms with Crippen molar-refractivity contribution in [3.05, 3.63) is 35.6 Å². The van der Waals surface area contributed by atoms with E-state index in [1.54, 1.807) is 35.0 Å². The summed E-state index contributed by atoms with van der Waals surface area (Å²) in [6, 6.07) is 6.41. The van der Waals surface area contributed by atoms with Gasteiger partial charge in [-0.25, -0.2) is 4.39 Å². The molecule has 2 amide bonds. The molecule has 1 aliphatic carbocycles. The Morgan fingerprint density at radius 2 is 1.78 bits per heavy atom. The van der Waals surface area contributed by atoms with Gasteiger partial charge in [-0.15, -0.1) is 0 Å². The molecule has 1 spiro atoms. The number of halogens is 1. The number of likely N-dealkylation sites (tertiary alicyclic amines) is 2. The van der Waals surface area contributed by atoms with E-state index in [4.69, 9.17) is 0 Å². The van der Waals surface area contributed by atoms with Crippen molar-refractivity contribution in [1.82, 2.24) is 9.80 Å². The maximum atomic E-state index is 14.2. The highest BCUT2D eigenvalue weighted by molar-refractivity contribution is 5.92. The second-order valence-electron chi connectivity index (χ2n) is 8.01. The highest BCUT2D eigenvalue weighted by atomic mass is 19.1. The number of carbonyl (C=O) groups is 3. The largest absolute Gasteiger partial charge is 0.481 e. The van der Waals surface area contributed by atoms with Crippen molar-refractivity contribution < 1.29 is 23.9 Å². The molecule has 0 radical (unpaired) electrons. The number of nitrogens with zero attached hydrogens (tertiary/aromatic N) is 2. The molecular weight excluding hydrogens is 351 g/mol. The van der Waals surface area contributed by atoms with Crippen LogP contribution >= 0.6 is 0 Å². The van der Waals surface area contributed by atoms with Crippen LogP contribution in [0.1, 0.15) is 37.7 Å². The number of hydrogen-bond donors (Lipinski definition) is 1. The molecule has 1 aromatic carbocycles. The number of carbonyl (C=O) groups excluding carboxylic acids is 2. The Bertz CT molecular complexity index is 812. The summed E-state index contributed by atoms with van der Waals surface area (Å²) < 4.78 is 14.2. The Labute approximate surface area is 156 Å². The molecule has 27 heavy (non-hydrogen) atoms. The summed E-state index contributed by atoms with van der Waals surface area (Å²) in [7, 11) is 1.66. The zero-order valence-electron chi connectivity index (χ0n) is 15.3. The Hall–Kier alpha value is -2.44. The zero-order valence-corrected chi connectivity index (χ0v) is 15.3. The smallest absolute Gasteiger partial charge is 0.309 e. The quantitative estimate of drug-likeness (QED) is 0.875.